The number of rotatable bonds is 8. The summed E-state index contributed by atoms with van der Waals surface area (Å²) in [6.07, 6.45) is 1.22. The monoisotopic (exact) mass is 568 g/mol. The zero-order valence-corrected chi connectivity index (χ0v) is 22.3. The average Bonchev–Trinajstić information content (AvgIpc) is 3.60. The summed E-state index contributed by atoms with van der Waals surface area (Å²) in [6, 6.07) is 4.14. The standard InChI is InChI=1S/C27H24F4N8O2/c1-4-39-24-17(10-34-39)25(37-22(36-24)20-21(15-6-7-15)32-13-33-26(20)40-3)41-12-14-5-8-16(18(28)9-14)23-35-19(11-38(23)2)27(29,30)31/h5,8-11,13,15H,4,6-7,12H2,1-3H3. The van der Waals surface area contributed by atoms with E-state index in [-0.39, 0.29) is 29.8 Å². The predicted molar refractivity (Wildman–Crippen MR) is 138 cm³/mol. The normalized spacial score (nSPS) is 13.6. The molecule has 1 aromatic carbocycles. The second kappa shape index (κ2) is 10.1. The summed E-state index contributed by atoms with van der Waals surface area (Å²) in [5.74, 6) is 0.270. The molecule has 0 N–H and O–H groups in total. The minimum atomic E-state index is -4.64. The van der Waals surface area contributed by atoms with Crippen molar-refractivity contribution in [2.45, 2.75) is 45.0 Å². The molecule has 0 atom stereocenters. The number of benzene rings is 1. The Morgan fingerprint density at radius 1 is 1.07 bits per heavy atom. The lowest BCUT2D eigenvalue weighted by atomic mass is 10.1. The van der Waals surface area contributed by atoms with E-state index in [1.807, 2.05) is 6.92 Å². The first-order valence-electron chi connectivity index (χ1n) is 12.8. The molecule has 0 saturated heterocycles. The van der Waals surface area contributed by atoms with Gasteiger partial charge in [-0.2, -0.15) is 23.3 Å². The van der Waals surface area contributed by atoms with Gasteiger partial charge in [0.05, 0.1) is 24.6 Å². The highest BCUT2D eigenvalue weighted by Gasteiger charge is 2.35. The first-order valence-corrected chi connectivity index (χ1v) is 12.8. The number of nitrogens with zero attached hydrogens (tertiary/aromatic N) is 8. The van der Waals surface area contributed by atoms with E-state index in [1.54, 1.807) is 16.9 Å². The van der Waals surface area contributed by atoms with E-state index >= 15 is 4.39 Å². The Balaban J connectivity index is 1.34. The van der Waals surface area contributed by atoms with Gasteiger partial charge in [-0.25, -0.2) is 29.0 Å². The molecule has 41 heavy (non-hydrogen) atoms. The van der Waals surface area contributed by atoms with Gasteiger partial charge in [-0.1, -0.05) is 6.07 Å². The molecule has 14 heteroatoms. The van der Waals surface area contributed by atoms with Gasteiger partial charge in [0.25, 0.3) is 0 Å². The molecule has 1 aliphatic rings. The second-order valence-electron chi connectivity index (χ2n) is 9.63. The minimum Gasteiger partial charge on any atom is -0.480 e. The van der Waals surface area contributed by atoms with Crippen molar-refractivity contribution >= 4 is 11.0 Å². The molecule has 5 aromatic rings. The Hall–Kier alpha value is -4.62. The van der Waals surface area contributed by atoms with Gasteiger partial charge in [-0.05, 0) is 37.5 Å². The molecule has 4 aromatic heterocycles. The number of halogens is 4. The topological polar surface area (TPSA) is 106 Å². The van der Waals surface area contributed by atoms with E-state index in [9.17, 15) is 13.2 Å². The van der Waals surface area contributed by atoms with Gasteiger partial charge in [0, 0.05) is 25.7 Å². The van der Waals surface area contributed by atoms with Crippen molar-refractivity contribution in [3.05, 3.63) is 59.7 Å². The number of methoxy groups -OCH3 is 1. The predicted octanol–water partition coefficient (Wildman–Crippen LogP) is 5.33. The number of imidazole rings is 1. The van der Waals surface area contributed by atoms with Gasteiger partial charge in [0.15, 0.2) is 17.2 Å². The van der Waals surface area contributed by atoms with Crippen molar-refractivity contribution in [3.8, 4) is 34.5 Å². The van der Waals surface area contributed by atoms with Crippen molar-refractivity contribution in [3.63, 3.8) is 0 Å². The van der Waals surface area contributed by atoms with E-state index < -0.39 is 17.7 Å². The Morgan fingerprint density at radius 2 is 1.88 bits per heavy atom. The summed E-state index contributed by atoms with van der Waals surface area (Å²) in [5, 5.41) is 4.95. The van der Waals surface area contributed by atoms with Crippen molar-refractivity contribution in [1.29, 1.82) is 0 Å². The fourth-order valence-electron chi connectivity index (χ4n) is 4.63. The van der Waals surface area contributed by atoms with Crippen molar-refractivity contribution in [2.24, 2.45) is 7.05 Å². The molecular formula is C27H24F4N8O2. The SMILES string of the molecule is CCn1ncc2c(OCc3ccc(-c4nc(C(F)(F)F)cn4C)c(F)c3)nc(-c3c(OC)ncnc3C3CC3)nc21. The summed E-state index contributed by atoms with van der Waals surface area (Å²) in [4.78, 5) is 21.7. The summed E-state index contributed by atoms with van der Waals surface area (Å²) < 4.78 is 68.8. The van der Waals surface area contributed by atoms with Crippen molar-refractivity contribution in [2.75, 3.05) is 7.11 Å². The summed E-state index contributed by atoms with van der Waals surface area (Å²) in [7, 11) is 2.89. The highest BCUT2D eigenvalue weighted by Crippen LogP contribution is 2.45. The molecule has 0 amide bonds. The molecule has 0 aliphatic heterocycles. The third kappa shape index (κ3) is 4.93. The first kappa shape index (κ1) is 26.6. The molecule has 0 bridgehead atoms. The number of ether oxygens (including phenoxy) is 2. The van der Waals surface area contributed by atoms with Gasteiger partial charge < -0.3 is 14.0 Å². The fourth-order valence-corrected chi connectivity index (χ4v) is 4.63. The van der Waals surface area contributed by atoms with Crippen LogP contribution in [0.2, 0.25) is 0 Å². The van der Waals surface area contributed by atoms with Crippen LogP contribution >= 0.6 is 0 Å². The van der Waals surface area contributed by atoms with E-state index in [4.69, 9.17) is 14.5 Å². The lowest BCUT2D eigenvalue weighted by molar-refractivity contribution is -0.140. The largest absolute Gasteiger partial charge is 0.480 e. The van der Waals surface area contributed by atoms with Gasteiger partial charge in [-0.3, -0.25) is 0 Å². The Labute approximate surface area is 231 Å². The number of fused-ring (bicyclic) bond motifs is 1. The van der Waals surface area contributed by atoms with Crippen LogP contribution in [0.25, 0.3) is 33.8 Å². The third-order valence-corrected chi connectivity index (χ3v) is 6.80. The van der Waals surface area contributed by atoms with Crippen LogP contribution in [0.1, 0.15) is 42.6 Å². The highest BCUT2D eigenvalue weighted by molar-refractivity contribution is 5.83. The first-order chi connectivity index (χ1) is 19.7. The van der Waals surface area contributed by atoms with E-state index in [0.717, 1.165) is 29.3 Å². The molecule has 6 rings (SSSR count). The molecule has 10 nitrogen and oxygen atoms in total. The van der Waals surface area contributed by atoms with Crippen molar-refractivity contribution < 1.29 is 27.0 Å². The molecule has 1 aliphatic carbocycles. The van der Waals surface area contributed by atoms with Crippen LogP contribution in [0.5, 0.6) is 11.8 Å². The van der Waals surface area contributed by atoms with Crippen molar-refractivity contribution in [1.82, 2.24) is 39.3 Å². The Kier molecular flexibility index (Phi) is 6.54. The van der Waals surface area contributed by atoms with Gasteiger partial charge in [-0.15, -0.1) is 0 Å². The number of aryl methyl sites for hydroxylation is 2. The number of hydrogen-bond donors (Lipinski definition) is 0. The average molecular weight is 569 g/mol. The quantitative estimate of drug-likeness (QED) is 0.232. The molecule has 4 heterocycles. The number of hydrogen-bond acceptors (Lipinski definition) is 8. The van der Waals surface area contributed by atoms with E-state index in [0.29, 0.717) is 40.4 Å². The van der Waals surface area contributed by atoms with Crippen LogP contribution < -0.4 is 9.47 Å². The van der Waals surface area contributed by atoms with Crippen LogP contribution in [-0.4, -0.2) is 46.4 Å². The maximum Gasteiger partial charge on any atom is 0.434 e. The lowest BCUT2D eigenvalue weighted by Gasteiger charge is -2.13. The Bertz CT molecular complexity index is 1760. The summed E-state index contributed by atoms with van der Waals surface area (Å²) >= 11 is 0. The maximum absolute atomic E-state index is 15.1. The zero-order valence-electron chi connectivity index (χ0n) is 22.3. The van der Waals surface area contributed by atoms with E-state index in [2.05, 4.69) is 25.0 Å². The van der Waals surface area contributed by atoms with Crippen LogP contribution in [-0.2, 0) is 26.4 Å². The van der Waals surface area contributed by atoms with Gasteiger partial charge >= 0.3 is 6.18 Å². The molecule has 1 fully saturated rings. The molecule has 212 valence electrons. The molecular weight excluding hydrogens is 544 g/mol. The third-order valence-electron chi connectivity index (χ3n) is 6.80. The molecule has 0 spiro atoms. The lowest BCUT2D eigenvalue weighted by Crippen LogP contribution is -2.06. The van der Waals surface area contributed by atoms with E-state index in [1.165, 1.54) is 32.6 Å². The Morgan fingerprint density at radius 3 is 2.54 bits per heavy atom. The van der Waals surface area contributed by atoms with Crippen LogP contribution in [0.3, 0.4) is 0 Å². The zero-order chi connectivity index (χ0) is 28.9. The summed E-state index contributed by atoms with van der Waals surface area (Å²) in [6.45, 7) is 2.40. The van der Waals surface area contributed by atoms with Gasteiger partial charge in [0.1, 0.15) is 35.5 Å². The van der Waals surface area contributed by atoms with Crippen LogP contribution in [0.15, 0.2) is 36.9 Å². The van der Waals surface area contributed by atoms with Crippen LogP contribution in [0.4, 0.5) is 17.6 Å². The van der Waals surface area contributed by atoms with Crippen LogP contribution in [0, 0.1) is 5.82 Å². The summed E-state index contributed by atoms with van der Waals surface area (Å²) in [5.41, 5.74) is 1.20. The molecule has 0 unspecified atom stereocenters. The maximum atomic E-state index is 15.1. The molecule has 0 radical (unpaired) electrons. The minimum absolute atomic E-state index is 0.0635. The fraction of sp³-hybridized carbons (Fsp3) is 0.333. The molecule has 1 saturated carbocycles. The van der Waals surface area contributed by atoms with Gasteiger partial charge in [0.2, 0.25) is 11.8 Å². The highest BCUT2D eigenvalue weighted by atomic mass is 19.4. The number of aromatic nitrogens is 8. The second-order valence-corrected chi connectivity index (χ2v) is 9.63. The number of alkyl halides is 3. The smallest absolute Gasteiger partial charge is 0.434 e.